The minimum atomic E-state index is -3.53. The fourth-order valence-electron chi connectivity index (χ4n) is 3.89. The maximum Gasteiger partial charge on any atom is 0.251 e. The third-order valence-corrected chi connectivity index (χ3v) is 9.34. The molecule has 2 heterocycles. The maximum absolute atomic E-state index is 13.0. The fourth-order valence-corrected chi connectivity index (χ4v) is 6.79. The molecule has 9 heteroatoms. The van der Waals surface area contributed by atoms with Crippen LogP contribution in [0.4, 0.5) is 0 Å². The predicted molar refractivity (Wildman–Crippen MR) is 131 cm³/mol. The van der Waals surface area contributed by atoms with E-state index in [1.54, 1.807) is 36.0 Å². The highest BCUT2D eigenvalue weighted by Crippen LogP contribution is 2.25. The lowest BCUT2D eigenvalue weighted by Crippen LogP contribution is -2.40. The highest BCUT2D eigenvalue weighted by atomic mass is 32.2. The number of para-hydroxylation sites is 1. The Kier molecular flexibility index (Phi) is 7.19. The SMILES string of the molecule is CSCCn1c(=NC(=O)C2CCN(S(=O)(=O)c3ccc(C)cc3)CC2)sc2ccccc21. The number of carbonyl (C=O) groups is 1. The molecule has 6 nitrogen and oxygen atoms in total. The van der Waals surface area contributed by atoms with Gasteiger partial charge in [0.05, 0.1) is 15.1 Å². The van der Waals surface area contributed by atoms with Crippen molar-refractivity contribution in [3.8, 4) is 0 Å². The number of amides is 1. The van der Waals surface area contributed by atoms with Gasteiger partial charge >= 0.3 is 0 Å². The topological polar surface area (TPSA) is 71.7 Å². The molecule has 0 radical (unpaired) electrons. The van der Waals surface area contributed by atoms with E-state index in [4.69, 9.17) is 0 Å². The summed E-state index contributed by atoms with van der Waals surface area (Å²) in [5.41, 5.74) is 2.11. The average Bonchev–Trinajstić information content (AvgIpc) is 3.14. The summed E-state index contributed by atoms with van der Waals surface area (Å²) in [5.74, 6) is 0.540. The molecule has 0 aliphatic carbocycles. The van der Waals surface area contributed by atoms with Crippen LogP contribution in [-0.4, -0.2) is 48.3 Å². The molecule has 0 bridgehead atoms. The van der Waals surface area contributed by atoms with E-state index < -0.39 is 10.0 Å². The summed E-state index contributed by atoms with van der Waals surface area (Å²) in [6.07, 6.45) is 3.04. The second-order valence-corrected chi connectivity index (χ2v) is 11.9. The van der Waals surface area contributed by atoms with E-state index in [1.165, 1.54) is 15.6 Å². The maximum atomic E-state index is 13.0. The van der Waals surface area contributed by atoms with E-state index >= 15 is 0 Å². The summed E-state index contributed by atoms with van der Waals surface area (Å²) >= 11 is 3.29. The van der Waals surface area contributed by atoms with Crippen LogP contribution >= 0.6 is 23.1 Å². The van der Waals surface area contributed by atoms with Crippen LogP contribution in [0.25, 0.3) is 10.2 Å². The lowest BCUT2D eigenvalue weighted by atomic mass is 9.98. The summed E-state index contributed by atoms with van der Waals surface area (Å²) < 4.78 is 30.6. The molecule has 1 amide bonds. The molecule has 0 unspecified atom stereocenters. The van der Waals surface area contributed by atoms with Crippen molar-refractivity contribution < 1.29 is 13.2 Å². The highest BCUT2D eigenvalue weighted by Gasteiger charge is 2.32. The highest BCUT2D eigenvalue weighted by molar-refractivity contribution is 7.98. The van der Waals surface area contributed by atoms with Crippen LogP contribution in [0.5, 0.6) is 0 Å². The number of fused-ring (bicyclic) bond motifs is 1. The van der Waals surface area contributed by atoms with Crippen LogP contribution in [0, 0.1) is 12.8 Å². The molecule has 0 atom stereocenters. The normalized spacial score (nSPS) is 16.6. The third kappa shape index (κ3) is 4.85. The molecule has 1 aliphatic heterocycles. The Bertz CT molecular complexity index is 1270. The molecule has 2 aromatic carbocycles. The average molecular weight is 490 g/mol. The van der Waals surface area contributed by atoms with E-state index in [1.807, 2.05) is 25.1 Å². The zero-order chi connectivity index (χ0) is 22.7. The number of aryl methyl sites for hydroxylation is 2. The molecule has 0 saturated carbocycles. The van der Waals surface area contributed by atoms with Gasteiger partial charge in [-0.1, -0.05) is 41.2 Å². The molecule has 1 saturated heterocycles. The summed E-state index contributed by atoms with van der Waals surface area (Å²) in [6, 6.07) is 15.0. The van der Waals surface area contributed by atoms with Crippen LogP contribution in [-0.2, 0) is 21.4 Å². The van der Waals surface area contributed by atoms with Crippen molar-refractivity contribution in [1.82, 2.24) is 8.87 Å². The first kappa shape index (κ1) is 23.2. The predicted octanol–water partition coefficient (Wildman–Crippen LogP) is 3.90. The second-order valence-electron chi connectivity index (χ2n) is 7.94. The van der Waals surface area contributed by atoms with Crippen LogP contribution in [0.2, 0.25) is 0 Å². The van der Waals surface area contributed by atoms with Gasteiger partial charge in [0.1, 0.15) is 0 Å². The Morgan fingerprint density at radius 2 is 1.81 bits per heavy atom. The van der Waals surface area contributed by atoms with E-state index in [2.05, 4.69) is 21.9 Å². The van der Waals surface area contributed by atoms with Crippen molar-refractivity contribution in [3.05, 3.63) is 58.9 Å². The van der Waals surface area contributed by atoms with Crippen molar-refractivity contribution in [2.75, 3.05) is 25.1 Å². The second kappa shape index (κ2) is 9.91. The van der Waals surface area contributed by atoms with Gasteiger partial charge in [0.25, 0.3) is 5.91 Å². The number of carbonyl (C=O) groups excluding carboxylic acids is 1. The lowest BCUT2D eigenvalue weighted by Gasteiger charge is -2.29. The number of benzene rings is 2. The Morgan fingerprint density at radius 3 is 2.50 bits per heavy atom. The van der Waals surface area contributed by atoms with E-state index in [0.29, 0.717) is 30.8 Å². The largest absolute Gasteiger partial charge is 0.316 e. The number of hydrogen-bond donors (Lipinski definition) is 0. The minimum absolute atomic E-state index is 0.151. The Morgan fingerprint density at radius 1 is 1.12 bits per heavy atom. The first-order valence-electron chi connectivity index (χ1n) is 10.6. The summed E-state index contributed by atoms with van der Waals surface area (Å²) in [7, 11) is -3.53. The van der Waals surface area contributed by atoms with E-state index in [0.717, 1.165) is 32.9 Å². The Balaban J connectivity index is 1.50. The van der Waals surface area contributed by atoms with Gasteiger partial charge in [-0.05, 0) is 50.3 Å². The first-order chi connectivity index (χ1) is 15.4. The monoisotopic (exact) mass is 489 g/mol. The number of rotatable bonds is 6. The number of hydrogen-bond acceptors (Lipinski definition) is 5. The summed E-state index contributed by atoms with van der Waals surface area (Å²) in [4.78, 5) is 18.5. The first-order valence-corrected chi connectivity index (χ1v) is 14.3. The molecule has 0 N–H and O–H groups in total. The van der Waals surface area contributed by atoms with Crippen LogP contribution in [0.15, 0.2) is 58.4 Å². The van der Waals surface area contributed by atoms with Crippen LogP contribution in [0.3, 0.4) is 0 Å². The molecule has 3 aromatic rings. The zero-order valence-electron chi connectivity index (χ0n) is 18.2. The van der Waals surface area contributed by atoms with Crippen LogP contribution in [0.1, 0.15) is 18.4 Å². The van der Waals surface area contributed by atoms with E-state index in [-0.39, 0.29) is 11.8 Å². The smallest absolute Gasteiger partial charge is 0.251 e. The van der Waals surface area contributed by atoms with Crippen molar-refractivity contribution in [3.63, 3.8) is 0 Å². The Hall–Kier alpha value is -1.94. The Labute approximate surface area is 197 Å². The van der Waals surface area contributed by atoms with E-state index in [9.17, 15) is 13.2 Å². The van der Waals surface area contributed by atoms with Crippen molar-refractivity contribution in [2.45, 2.75) is 31.2 Å². The van der Waals surface area contributed by atoms with Crippen molar-refractivity contribution in [1.29, 1.82) is 0 Å². The minimum Gasteiger partial charge on any atom is -0.316 e. The van der Waals surface area contributed by atoms with Gasteiger partial charge in [-0.2, -0.15) is 21.1 Å². The third-order valence-electron chi connectivity index (χ3n) is 5.77. The molecule has 32 heavy (non-hydrogen) atoms. The summed E-state index contributed by atoms with van der Waals surface area (Å²) in [5, 5.41) is 0. The number of aromatic nitrogens is 1. The summed E-state index contributed by atoms with van der Waals surface area (Å²) in [6.45, 7) is 3.39. The molecular formula is C23H27N3O3S3. The standard InChI is InChI=1S/C23H27N3O3S3/c1-17-7-9-19(10-8-17)32(28,29)25-13-11-18(12-14-25)22(27)24-23-26(15-16-30-2)20-5-3-4-6-21(20)31-23/h3-10,18H,11-16H2,1-2H3. The molecule has 4 rings (SSSR count). The zero-order valence-corrected chi connectivity index (χ0v) is 20.7. The molecule has 1 fully saturated rings. The number of thiazole rings is 1. The van der Waals surface area contributed by atoms with Gasteiger partial charge in [-0.25, -0.2) is 8.42 Å². The van der Waals surface area contributed by atoms with Gasteiger partial charge in [-0.15, -0.1) is 0 Å². The van der Waals surface area contributed by atoms with Crippen molar-refractivity contribution >= 4 is 49.2 Å². The van der Waals surface area contributed by atoms with Gasteiger partial charge < -0.3 is 4.57 Å². The number of piperidine rings is 1. The quantitative estimate of drug-likeness (QED) is 0.526. The number of thioether (sulfide) groups is 1. The molecule has 1 aromatic heterocycles. The molecule has 170 valence electrons. The fraction of sp³-hybridized carbons (Fsp3) is 0.391. The number of sulfonamides is 1. The number of nitrogens with zero attached hydrogens (tertiary/aromatic N) is 3. The molecule has 0 spiro atoms. The molecular weight excluding hydrogens is 462 g/mol. The van der Waals surface area contributed by atoms with Gasteiger partial charge in [-0.3, -0.25) is 4.79 Å². The molecule has 1 aliphatic rings. The van der Waals surface area contributed by atoms with Gasteiger partial charge in [0, 0.05) is 31.3 Å². The lowest BCUT2D eigenvalue weighted by molar-refractivity contribution is -0.122. The van der Waals surface area contributed by atoms with Crippen LogP contribution < -0.4 is 4.80 Å². The van der Waals surface area contributed by atoms with Gasteiger partial charge in [0.15, 0.2) is 4.80 Å². The van der Waals surface area contributed by atoms with Crippen molar-refractivity contribution in [2.24, 2.45) is 10.9 Å². The van der Waals surface area contributed by atoms with Gasteiger partial charge in [0.2, 0.25) is 10.0 Å².